The molecule has 0 bridgehead atoms. The molecule has 7 heteroatoms. The van der Waals surface area contributed by atoms with E-state index in [9.17, 15) is 14.0 Å². The van der Waals surface area contributed by atoms with E-state index in [1.165, 1.54) is 17.0 Å². The molecule has 3 aromatic rings. The van der Waals surface area contributed by atoms with Gasteiger partial charge in [0.1, 0.15) is 6.04 Å². The van der Waals surface area contributed by atoms with Crippen LogP contribution in [0, 0.1) is 5.82 Å². The van der Waals surface area contributed by atoms with Crippen molar-refractivity contribution in [1.29, 1.82) is 0 Å². The molecule has 1 unspecified atom stereocenters. The van der Waals surface area contributed by atoms with Gasteiger partial charge in [0.25, 0.3) is 5.91 Å². The number of nitrogens with zero attached hydrogens (tertiary/aromatic N) is 1. The Morgan fingerprint density at radius 1 is 0.970 bits per heavy atom. The topological polar surface area (TPSA) is 58.6 Å². The Balaban J connectivity index is 1.89. The number of rotatable bonds is 10. The lowest BCUT2D eigenvalue weighted by Gasteiger charge is -2.31. The molecule has 0 saturated heterocycles. The molecule has 3 aromatic carbocycles. The molecule has 0 aliphatic carbocycles. The second-order valence-electron chi connectivity index (χ2n) is 7.47. The number of hydrogen-bond donors (Lipinski definition) is 1. The van der Waals surface area contributed by atoms with Crippen LogP contribution in [0.4, 0.5) is 4.39 Å². The van der Waals surface area contributed by atoms with Gasteiger partial charge in [0.15, 0.2) is 18.2 Å². The average molecular weight is 513 g/mol. The van der Waals surface area contributed by atoms with Crippen LogP contribution in [0.15, 0.2) is 83.3 Å². The molecule has 33 heavy (non-hydrogen) atoms. The van der Waals surface area contributed by atoms with Crippen molar-refractivity contribution in [3.63, 3.8) is 0 Å². The number of carbonyl (C=O) groups is 2. The monoisotopic (exact) mass is 512 g/mol. The number of para-hydroxylation sites is 1. The highest BCUT2D eigenvalue weighted by Gasteiger charge is 2.30. The number of carbonyl (C=O) groups excluding carboxylic acids is 2. The summed E-state index contributed by atoms with van der Waals surface area (Å²) in [6.45, 7) is 2.10. The highest BCUT2D eigenvalue weighted by atomic mass is 79.9. The molecular weight excluding hydrogens is 487 g/mol. The maximum absolute atomic E-state index is 14.0. The lowest BCUT2D eigenvalue weighted by atomic mass is 10.0. The van der Waals surface area contributed by atoms with E-state index in [0.717, 1.165) is 15.6 Å². The van der Waals surface area contributed by atoms with Gasteiger partial charge in [-0.15, -0.1) is 0 Å². The van der Waals surface area contributed by atoms with Crippen molar-refractivity contribution in [3.8, 4) is 5.75 Å². The fourth-order valence-electron chi connectivity index (χ4n) is 3.42. The zero-order valence-corrected chi connectivity index (χ0v) is 19.9. The second kappa shape index (κ2) is 12.2. The SMILES string of the molecule is CCNC(=O)C(Cc1ccccc1)N(Cc1ccc(Br)cc1)C(=O)COc1ccccc1F. The Kier molecular flexibility index (Phi) is 9.01. The van der Waals surface area contributed by atoms with Crippen LogP contribution in [0.3, 0.4) is 0 Å². The third-order valence-electron chi connectivity index (χ3n) is 5.08. The van der Waals surface area contributed by atoms with Gasteiger partial charge in [-0.05, 0) is 42.3 Å². The van der Waals surface area contributed by atoms with Crippen LogP contribution in [0.25, 0.3) is 0 Å². The molecule has 0 fully saturated rings. The van der Waals surface area contributed by atoms with Crippen molar-refractivity contribution in [2.75, 3.05) is 13.2 Å². The van der Waals surface area contributed by atoms with Crippen molar-refractivity contribution in [2.45, 2.75) is 25.9 Å². The van der Waals surface area contributed by atoms with Crippen LogP contribution in [0.5, 0.6) is 5.75 Å². The number of likely N-dealkylation sites (N-methyl/N-ethyl adjacent to an activating group) is 1. The summed E-state index contributed by atoms with van der Waals surface area (Å²) in [5.41, 5.74) is 1.79. The smallest absolute Gasteiger partial charge is 0.261 e. The molecule has 0 saturated carbocycles. The molecule has 1 N–H and O–H groups in total. The number of ether oxygens (including phenoxy) is 1. The maximum Gasteiger partial charge on any atom is 0.261 e. The van der Waals surface area contributed by atoms with Crippen molar-refractivity contribution < 1.29 is 18.7 Å². The number of amides is 2. The van der Waals surface area contributed by atoms with E-state index in [2.05, 4.69) is 21.2 Å². The lowest BCUT2D eigenvalue weighted by molar-refractivity contribution is -0.142. The fourth-order valence-corrected chi connectivity index (χ4v) is 3.68. The summed E-state index contributed by atoms with van der Waals surface area (Å²) >= 11 is 3.41. The van der Waals surface area contributed by atoms with Crippen LogP contribution in [-0.4, -0.2) is 35.9 Å². The minimum Gasteiger partial charge on any atom is -0.481 e. The Hall–Kier alpha value is -3.19. The minimum absolute atomic E-state index is 0.00735. The van der Waals surface area contributed by atoms with E-state index < -0.39 is 17.8 Å². The maximum atomic E-state index is 14.0. The summed E-state index contributed by atoms with van der Waals surface area (Å²) in [7, 11) is 0. The molecule has 0 aliphatic heterocycles. The van der Waals surface area contributed by atoms with Gasteiger partial charge in [0.2, 0.25) is 5.91 Å². The van der Waals surface area contributed by atoms with Gasteiger partial charge in [0.05, 0.1) is 0 Å². The predicted octanol–water partition coefficient (Wildman–Crippen LogP) is 4.74. The molecular formula is C26H26BrFN2O3. The molecule has 0 aromatic heterocycles. The van der Waals surface area contributed by atoms with Gasteiger partial charge in [0, 0.05) is 24.0 Å². The first-order valence-electron chi connectivity index (χ1n) is 10.7. The molecule has 172 valence electrons. The first-order valence-corrected chi connectivity index (χ1v) is 11.5. The second-order valence-corrected chi connectivity index (χ2v) is 8.38. The van der Waals surface area contributed by atoms with Gasteiger partial charge in [-0.3, -0.25) is 9.59 Å². The van der Waals surface area contributed by atoms with Crippen molar-refractivity contribution in [3.05, 3.63) is 100 Å². The fraction of sp³-hybridized carbons (Fsp3) is 0.231. The van der Waals surface area contributed by atoms with Gasteiger partial charge in [-0.25, -0.2) is 4.39 Å². The average Bonchev–Trinajstić information content (AvgIpc) is 2.82. The largest absolute Gasteiger partial charge is 0.481 e. The van der Waals surface area contributed by atoms with Crippen LogP contribution in [-0.2, 0) is 22.6 Å². The molecule has 1 atom stereocenters. The van der Waals surface area contributed by atoms with E-state index in [1.54, 1.807) is 12.1 Å². The number of nitrogens with one attached hydrogen (secondary N) is 1. The zero-order chi connectivity index (χ0) is 23.6. The highest BCUT2D eigenvalue weighted by molar-refractivity contribution is 9.10. The lowest BCUT2D eigenvalue weighted by Crippen LogP contribution is -2.51. The predicted molar refractivity (Wildman–Crippen MR) is 129 cm³/mol. The highest BCUT2D eigenvalue weighted by Crippen LogP contribution is 2.19. The summed E-state index contributed by atoms with van der Waals surface area (Å²) in [6, 6.07) is 22.2. The normalized spacial score (nSPS) is 11.5. The van der Waals surface area contributed by atoms with E-state index in [1.807, 2.05) is 61.5 Å². The molecule has 3 rings (SSSR count). The minimum atomic E-state index is -0.757. The Morgan fingerprint density at radius 2 is 1.64 bits per heavy atom. The number of halogens is 2. The Labute approximate surface area is 201 Å². The summed E-state index contributed by atoms with van der Waals surface area (Å²) in [6.07, 6.45) is 0.342. The van der Waals surface area contributed by atoms with Crippen LogP contribution >= 0.6 is 15.9 Å². The number of benzene rings is 3. The van der Waals surface area contributed by atoms with E-state index in [-0.39, 0.29) is 24.8 Å². The number of hydrogen-bond acceptors (Lipinski definition) is 3. The van der Waals surface area contributed by atoms with E-state index in [0.29, 0.717) is 13.0 Å². The van der Waals surface area contributed by atoms with Crippen molar-refractivity contribution in [2.24, 2.45) is 0 Å². The third kappa shape index (κ3) is 7.15. The van der Waals surface area contributed by atoms with Crippen molar-refractivity contribution in [1.82, 2.24) is 10.2 Å². The summed E-state index contributed by atoms with van der Waals surface area (Å²) in [5.74, 6) is -1.22. The molecule has 0 spiro atoms. The Morgan fingerprint density at radius 3 is 2.30 bits per heavy atom. The standard InChI is InChI=1S/C26H26BrFN2O3/c1-2-29-26(32)23(16-19-8-4-3-5-9-19)30(17-20-12-14-21(27)15-13-20)25(31)18-33-24-11-7-6-10-22(24)28/h3-15,23H,2,16-18H2,1H3,(H,29,32). The summed E-state index contributed by atoms with van der Waals surface area (Å²) in [4.78, 5) is 27.9. The zero-order valence-electron chi connectivity index (χ0n) is 18.3. The first kappa shape index (κ1) is 24.5. The first-order chi connectivity index (χ1) is 16.0. The molecule has 0 aliphatic rings. The molecule has 2 amide bonds. The summed E-state index contributed by atoms with van der Waals surface area (Å²) in [5, 5.41) is 2.84. The molecule has 0 heterocycles. The van der Waals surface area contributed by atoms with Gasteiger partial charge in [-0.2, -0.15) is 0 Å². The van der Waals surface area contributed by atoms with Gasteiger partial charge < -0.3 is 15.0 Å². The third-order valence-corrected chi connectivity index (χ3v) is 5.60. The molecule has 0 radical (unpaired) electrons. The molecule has 5 nitrogen and oxygen atoms in total. The van der Waals surface area contributed by atoms with Gasteiger partial charge in [-0.1, -0.05) is 70.5 Å². The Bertz CT molecular complexity index is 1060. The van der Waals surface area contributed by atoms with Crippen LogP contribution in [0.2, 0.25) is 0 Å². The van der Waals surface area contributed by atoms with Crippen LogP contribution < -0.4 is 10.1 Å². The van der Waals surface area contributed by atoms with E-state index in [4.69, 9.17) is 4.74 Å². The van der Waals surface area contributed by atoms with Crippen LogP contribution in [0.1, 0.15) is 18.1 Å². The summed E-state index contributed by atoms with van der Waals surface area (Å²) < 4.78 is 20.4. The van der Waals surface area contributed by atoms with Crippen molar-refractivity contribution >= 4 is 27.7 Å². The van der Waals surface area contributed by atoms with E-state index >= 15 is 0 Å². The quantitative estimate of drug-likeness (QED) is 0.426. The van der Waals surface area contributed by atoms with Gasteiger partial charge >= 0.3 is 0 Å².